The number of nitrogens with one attached hydrogen (secondary N) is 1. The van der Waals surface area contributed by atoms with Gasteiger partial charge in [0.1, 0.15) is 11.5 Å². The van der Waals surface area contributed by atoms with Gasteiger partial charge in [0.25, 0.3) is 0 Å². The summed E-state index contributed by atoms with van der Waals surface area (Å²) in [5, 5.41) is 22.1. The number of anilines is 4. The predicted molar refractivity (Wildman–Crippen MR) is 72.3 cm³/mol. The van der Waals surface area contributed by atoms with E-state index < -0.39 is 0 Å². The first kappa shape index (κ1) is 11.4. The van der Waals surface area contributed by atoms with E-state index in [4.69, 9.17) is 0 Å². The lowest BCUT2D eigenvalue weighted by molar-refractivity contribution is -0.115. The minimum absolute atomic E-state index is 0.110. The van der Waals surface area contributed by atoms with Crippen molar-refractivity contribution in [1.29, 1.82) is 0 Å². The molecule has 1 amide bonds. The lowest BCUT2D eigenvalue weighted by atomic mass is 10.1. The average Bonchev–Trinajstić information content (AvgIpc) is 2.35. The highest BCUT2D eigenvalue weighted by atomic mass is 16.3. The minimum Gasteiger partial charge on any atom is -0.508 e. The third-order valence-corrected chi connectivity index (χ3v) is 3.03. The van der Waals surface area contributed by atoms with E-state index in [1.165, 1.54) is 31.2 Å². The number of hydrogen-bond donors (Lipinski definition) is 3. The maximum Gasteiger partial charge on any atom is 0.228 e. The van der Waals surface area contributed by atoms with Gasteiger partial charge in [0.2, 0.25) is 5.91 Å². The Morgan fingerprint density at radius 3 is 1.89 bits per heavy atom. The molecular formula is C14H12N2O3. The molecule has 2 aromatic rings. The van der Waals surface area contributed by atoms with Crippen LogP contribution in [0.1, 0.15) is 6.92 Å². The Morgan fingerprint density at radius 2 is 1.47 bits per heavy atom. The summed E-state index contributed by atoms with van der Waals surface area (Å²) in [6, 6.07) is 9.49. The van der Waals surface area contributed by atoms with E-state index in [0.29, 0.717) is 22.7 Å². The van der Waals surface area contributed by atoms with Crippen molar-refractivity contribution in [3.05, 3.63) is 36.4 Å². The molecule has 3 N–H and O–H groups in total. The summed E-state index contributed by atoms with van der Waals surface area (Å²) < 4.78 is 0. The van der Waals surface area contributed by atoms with E-state index in [1.54, 1.807) is 17.0 Å². The van der Waals surface area contributed by atoms with E-state index in [1.807, 2.05) is 0 Å². The van der Waals surface area contributed by atoms with Crippen LogP contribution in [0, 0.1) is 0 Å². The van der Waals surface area contributed by atoms with Crippen molar-refractivity contribution < 1.29 is 15.0 Å². The van der Waals surface area contributed by atoms with Crippen LogP contribution in [-0.4, -0.2) is 16.1 Å². The number of fused-ring (bicyclic) bond motifs is 2. The number of phenolic OH excluding ortho intramolecular Hbond substituents is 2. The Morgan fingerprint density at radius 1 is 1.00 bits per heavy atom. The van der Waals surface area contributed by atoms with Gasteiger partial charge in [0, 0.05) is 19.1 Å². The highest BCUT2D eigenvalue weighted by molar-refractivity contribution is 6.08. The number of rotatable bonds is 0. The Labute approximate surface area is 109 Å². The molecule has 0 saturated heterocycles. The second-order valence-corrected chi connectivity index (χ2v) is 4.38. The zero-order valence-corrected chi connectivity index (χ0v) is 10.2. The number of carbonyl (C=O) groups is 1. The van der Waals surface area contributed by atoms with Gasteiger partial charge in [-0.15, -0.1) is 0 Å². The monoisotopic (exact) mass is 256 g/mol. The number of benzene rings is 2. The molecule has 19 heavy (non-hydrogen) atoms. The van der Waals surface area contributed by atoms with Crippen LogP contribution in [0.2, 0.25) is 0 Å². The molecule has 1 heterocycles. The summed E-state index contributed by atoms with van der Waals surface area (Å²) in [5.74, 6) is 0.0806. The topological polar surface area (TPSA) is 72.8 Å². The summed E-state index contributed by atoms with van der Waals surface area (Å²) in [7, 11) is 0. The molecule has 5 heteroatoms. The second-order valence-electron chi connectivity index (χ2n) is 4.38. The molecule has 0 spiro atoms. The van der Waals surface area contributed by atoms with Crippen LogP contribution >= 0.6 is 0 Å². The first-order chi connectivity index (χ1) is 9.06. The van der Waals surface area contributed by atoms with Crippen molar-refractivity contribution in [1.82, 2.24) is 0 Å². The third-order valence-electron chi connectivity index (χ3n) is 3.03. The average molecular weight is 256 g/mol. The molecule has 5 nitrogen and oxygen atoms in total. The van der Waals surface area contributed by atoms with Crippen molar-refractivity contribution in [3.63, 3.8) is 0 Å². The zero-order chi connectivity index (χ0) is 13.6. The molecule has 1 aliphatic rings. The lowest BCUT2D eigenvalue weighted by Gasteiger charge is -2.31. The smallest absolute Gasteiger partial charge is 0.228 e. The van der Waals surface area contributed by atoms with Gasteiger partial charge >= 0.3 is 0 Å². The van der Waals surface area contributed by atoms with Gasteiger partial charge in [-0.25, -0.2) is 0 Å². The summed E-state index contributed by atoms with van der Waals surface area (Å²) >= 11 is 0. The molecule has 0 aromatic heterocycles. The number of phenols is 2. The van der Waals surface area contributed by atoms with Crippen LogP contribution in [0.5, 0.6) is 11.5 Å². The van der Waals surface area contributed by atoms with Crippen LogP contribution in [0.15, 0.2) is 36.4 Å². The van der Waals surface area contributed by atoms with Crippen molar-refractivity contribution in [3.8, 4) is 11.5 Å². The fourth-order valence-corrected chi connectivity index (χ4v) is 2.25. The molecule has 0 fully saturated rings. The summed E-state index contributed by atoms with van der Waals surface area (Å²) in [6.07, 6.45) is 0. The number of carbonyl (C=O) groups excluding carboxylic acids is 1. The van der Waals surface area contributed by atoms with E-state index in [0.717, 1.165) is 0 Å². The van der Waals surface area contributed by atoms with Gasteiger partial charge in [0.05, 0.1) is 22.7 Å². The summed E-state index contributed by atoms with van der Waals surface area (Å²) in [6.45, 7) is 1.47. The molecule has 96 valence electrons. The molecule has 0 unspecified atom stereocenters. The van der Waals surface area contributed by atoms with Crippen LogP contribution < -0.4 is 10.2 Å². The first-order valence-corrected chi connectivity index (χ1v) is 5.80. The first-order valence-electron chi connectivity index (χ1n) is 5.80. The number of amides is 1. The standard InChI is InChI=1S/C14H12N2O3/c1-8(17)16-13-4-2-9(18)6-11(13)15-12-7-10(19)3-5-14(12)16/h2-7,15,18-19H,1H3. The van der Waals surface area contributed by atoms with Crippen LogP contribution in [-0.2, 0) is 4.79 Å². The molecule has 0 bridgehead atoms. The van der Waals surface area contributed by atoms with Crippen molar-refractivity contribution >= 4 is 28.7 Å². The number of aromatic hydroxyl groups is 2. The maximum atomic E-state index is 11.9. The van der Waals surface area contributed by atoms with Gasteiger partial charge in [-0.05, 0) is 24.3 Å². The highest BCUT2D eigenvalue weighted by Gasteiger charge is 2.25. The molecule has 0 aliphatic carbocycles. The van der Waals surface area contributed by atoms with Crippen LogP contribution in [0.3, 0.4) is 0 Å². The maximum absolute atomic E-state index is 11.9. The second kappa shape index (κ2) is 3.91. The van der Waals surface area contributed by atoms with Gasteiger partial charge < -0.3 is 15.5 Å². The van der Waals surface area contributed by atoms with Crippen molar-refractivity contribution in [2.75, 3.05) is 10.2 Å². The van der Waals surface area contributed by atoms with Crippen LogP contribution in [0.25, 0.3) is 0 Å². The number of nitrogens with zero attached hydrogens (tertiary/aromatic N) is 1. The third kappa shape index (κ3) is 1.76. The molecule has 2 aromatic carbocycles. The van der Waals surface area contributed by atoms with Gasteiger partial charge in [-0.2, -0.15) is 0 Å². The van der Waals surface area contributed by atoms with Crippen molar-refractivity contribution in [2.24, 2.45) is 0 Å². The zero-order valence-electron chi connectivity index (χ0n) is 10.2. The SMILES string of the molecule is CC(=O)N1c2ccc(O)cc2Nc2cc(O)ccc21. The Hall–Kier alpha value is -2.69. The van der Waals surface area contributed by atoms with E-state index in [9.17, 15) is 15.0 Å². The van der Waals surface area contributed by atoms with Crippen molar-refractivity contribution in [2.45, 2.75) is 6.92 Å². The molecule has 0 radical (unpaired) electrons. The normalized spacial score (nSPS) is 12.4. The molecule has 0 atom stereocenters. The Kier molecular flexibility index (Phi) is 2.35. The summed E-state index contributed by atoms with van der Waals surface area (Å²) in [4.78, 5) is 13.4. The minimum atomic E-state index is -0.139. The fraction of sp³-hybridized carbons (Fsp3) is 0.0714. The van der Waals surface area contributed by atoms with Gasteiger partial charge in [-0.3, -0.25) is 9.69 Å². The lowest BCUT2D eigenvalue weighted by Crippen LogP contribution is -2.27. The summed E-state index contributed by atoms with van der Waals surface area (Å²) in [5.41, 5.74) is 2.58. The van der Waals surface area contributed by atoms with E-state index in [2.05, 4.69) is 5.32 Å². The molecule has 3 rings (SSSR count). The predicted octanol–water partition coefficient (Wildman–Crippen LogP) is 2.84. The molecular weight excluding hydrogens is 244 g/mol. The van der Waals surface area contributed by atoms with Gasteiger partial charge in [0.15, 0.2) is 0 Å². The van der Waals surface area contributed by atoms with E-state index in [-0.39, 0.29) is 17.4 Å². The Balaban J connectivity index is 2.23. The quantitative estimate of drug-likeness (QED) is 0.677. The molecule has 0 saturated carbocycles. The largest absolute Gasteiger partial charge is 0.508 e. The molecule has 1 aliphatic heterocycles. The van der Waals surface area contributed by atoms with Crippen LogP contribution in [0.4, 0.5) is 22.7 Å². The Bertz CT molecular complexity index is 631. The highest BCUT2D eigenvalue weighted by Crippen LogP contribution is 2.45. The fourth-order valence-electron chi connectivity index (χ4n) is 2.25. The van der Waals surface area contributed by atoms with E-state index >= 15 is 0 Å². The number of hydrogen-bond acceptors (Lipinski definition) is 4. The van der Waals surface area contributed by atoms with Gasteiger partial charge in [-0.1, -0.05) is 0 Å².